The van der Waals surface area contributed by atoms with Gasteiger partial charge < -0.3 is 20.3 Å². The minimum absolute atomic E-state index is 0.0138. The van der Waals surface area contributed by atoms with Crippen molar-refractivity contribution in [1.82, 2.24) is 9.88 Å². The summed E-state index contributed by atoms with van der Waals surface area (Å²) in [5.74, 6) is -1.71. The summed E-state index contributed by atoms with van der Waals surface area (Å²) >= 11 is 1.02. The number of nitrogens with one attached hydrogen (secondary N) is 2. The fourth-order valence-electron chi connectivity index (χ4n) is 6.01. The molecular weight excluding hydrogens is 661 g/mol. The number of hydrogen-bond donors (Lipinski definition) is 2. The van der Waals surface area contributed by atoms with E-state index in [1.165, 1.54) is 25.4 Å². The number of pyridine rings is 1. The summed E-state index contributed by atoms with van der Waals surface area (Å²) in [5, 5.41) is 5.58. The van der Waals surface area contributed by atoms with Crippen LogP contribution in [0.3, 0.4) is 0 Å². The molecule has 2 aromatic carbocycles. The second-order valence-corrected chi connectivity index (χ2v) is 14.6. The smallest absolute Gasteiger partial charge is 0.419 e. The summed E-state index contributed by atoms with van der Waals surface area (Å²) < 4.78 is 71.5. The lowest BCUT2D eigenvalue weighted by molar-refractivity contribution is -0.139. The van der Waals surface area contributed by atoms with Crippen molar-refractivity contribution in [3.8, 4) is 5.75 Å². The molecule has 9 nitrogen and oxygen atoms in total. The minimum atomic E-state index is -4.98. The Morgan fingerprint density at radius 1 is 1.04 bits per heavy atom. The molecular formula is C32H26F4N4O5S2. The Morgan fingerprint density at radius 2 is 1.79 bits per heavy atom. The van der Waals surface area contributed by atoms with Crippen molar-refractivity contribution in [3.63, 3.8) is 0 Å². The zero-order valence-corrected chi connectivity index (χ0v) is 26.3. The fourth-order valence-corrected chi connectivity index (χ4v) is 8.73. The molecule has 1 spiro atoms. The van der Waals surface area contributed by atoms with Crippen LogP contribution in [0.5, 0.6) is 5.75 Å². The first-order valence-corrected chi connectivity index (χ1v) is 16.9. The summed E-state index contributed by atoms with van der Waals surface area (Å²) in [4.78, 5) is 46.7. The molecule has 2 N–H and O–H groups in total. The van der Waals surface area contributed by atoms with Gasteiger partial charge in [0.1, 0.15) is 16.4 Å². The number of benzene rings is 2. The minimum Gasteiger partial charge on any atom is -0.496 e. The molecule has 4 aromatic rings. The summed E-state index contributed by atoms with van der Waals surface area (Å²) in [6, 6.07) is 8.39. The van der Waals surface area contributed by atoms with Crippen LogP contribution < -0.4 is 15.4 Å². The molecule has 7 rings (SSSR count). The van der Waals surface area contributed by atoms with Crippen LogP contribution in [0.25, 0.3) is 10.1 Å². The number of nitrogens with zero attached hydrogens (tertiary/aromatic N) is 2. The van der Waals surface area contributed by atoms with E-state index in [1.807, 2.05) is 6.07 Å². The van der Waals surface area contributed by atoms with Gasteiger partial charge in [0.15, 0.2) is 0 Å². The van der Waals surface area contributed by atoms with Gasteiger partial charge in [-0.2, -0.15) is 13.2 Å². The van der Waals surface area contributed by atoms with Crippen molar-refractivity contribution in [2.75, 3.05) is 42.3 Å². The first kappa shape index (κ1) is 31.2. The molecule has 0 radical (unpaired) electrons. The van der Waals surface area contributed by atoms with E-state index in [0.717, 1.165) is 35.9 Å². The van der Waals surface area contributed by atoms with Gasteiger partial charge in [-0.05, 0) is 55.3 Å². The Balaban J connectivity index is 1.19. The first-order chi connectivity index (χ1) is 22.3. The molecule has 0 bridgehead atoms. The van der Waals surface area contributed by atoms with Crippen molar-refractivity contribution < 1.29 is 40.9 Å². The van der Waals surface area contributed by atoms with E-state index in [2.05, 4.69) is 15.6 Å². The lowest BCUT2D eigenvalue weighted by atomic mass is 9.82. The number of aromatic nitrogens is 1. The third-order valence-corrected chi connectivity index (χ3v) is 11.6. The quantitative estimate of drug-likeness (QED) is 0.229. The number of likely N-dealkylation sites (tertiary alicyclic amines) is 1. The predicted molar refractivity (Wildman–Crippen MR) is 168 cm³/mol. The van der Waals surface area contributed by atoms with Crippen molar-refractivity contribution in [1.29, 1.82) is 0 Å². The Kier molecular flexibility index (Phi) is 7.58. The number of thiophene rings is 1. The Labute approximate surface area is 271 Å². The standard InChI is InChI=1S/C32H26F4N4O5S2/c1-45-24-7-4-17(30(43)40-12-31(13-40)14-47(44)15-31)8-19(24)28(41)39-26-20-11-37-23(16-2-3-16)10-25(20)46-27(26)29(42)38-18-5-6-22(33)21(9-18)32(34,35)36/h4-11,16H,2-3,12-15H2,1H3,(H,38,42)(H,39,41). The van der Waals surface area contributed by atoms with E-state index in [-0.39, 0.29) is 50.4 Å². The maximum atomic E-state index is 13.9. The van der Waals surface area contributed by atoms with E-state index < -0.39 is 40.2 Å². The average molecular weight is 687 g/mol. The number of alkyl halides is 3. The van der Waals surface area contributed by atoms with Crippen LogP contribution in [0.15, 0.2) is 48.7 Å². The van der Waals surface area contributed by atoms with Gasteiger partial charge >= 0.3 is 6.18 Å². The number of rotatable bonds is 7. The van der Waals surface area contributed by atoms with E-state index >= 15 is 0 Å². The topological polar surface area (TPSA) is 118 Å². The van der Waals surface area contributed by atoms with Gasteiger partial charge in [-0.25, -0.2) is 4.39 Å². The number of anilines is 2. The van der Waals surface area contributed by atoms with Crippen LogP contribution in [-0.2, 0) is 17.0 Å². The average Bonchev–Trinajstić information content (AvgIpc) is 3.79. The van der Waals surface area contributed by atoms with Crippen molar-refractivity contribution in [3.05, 3.63) is 81.7 Å². The van der Waals surface area contributed by atoms with Crippen molar-refractivity contribution in [2.45, 2.75) is 24.9 Å². The van der Waals surface area contributed by atoms with Gasteiger partial charge in [0.2, 0.25) is 0 Å². The molecule has 15 heteroatoms. The van der Waals surface area contributed by atoms with Gasteiger partial charge in [-0.15, -0.1) is 11.3 Å². The number of amides is 3. The number of fused-ring (bicyclic) bond motifs is 1. The molecule has 47 heavy (non-hydrogen) atoms. The second kappa shape index (κ2) is 11.4. The van der Waals surface area contributed by atoms with Gasteiger partial charge in [-0.1, -0.05) is 0 Å². The highest BCUT2D eigenvalue weighted by Crippen LogP contribution is 2.44. The van der Waals surface area contributed by atoms with Gasteiger partial charge in [0.05, 0.1) is 23.9 Å². The maximum absolute atomic E-state index is 13.9. The monoisotopic (exact) mass is 686 g/mol. The molecule has 4 heterocycles. The lowest BCUT2D eigenvalue weighted by Crippen LogP contribution is -2.67. The van der Waals surface area contributed by atoms with Crippen molar-refractivity contribution >= 4 is 61.3 Å². The van der Waals surface area contributed by atoms with Crippen molar-refractivity contribution in [2.24, 2.45) is 5.41 Å². The predicted octanol–water partition coefficient (Wildman–Crippen LogP) is 6.05. The molecule has 244 valence electrons. The highest BCUT2D eigenvalue weighted by Gasteiger charge is 2.53. The van der Waals surface area contributed by atoms with E-state index in [4.69, 9.17) is 4.74 Å². The Morgan fingerprint density at radius 3 is 2.45 bits per heavy atom. The first-order valence-electron chi connectivity index (χ1n) is 14.6. The number of methoxy groups -OCH3 is 1. The summed E-state index contributed by atoms with van der Waals surface area (Å²) in [6.07, 6.45) is -1.49. The normalized spacial score (nSPS) is 17.3. The Bertz CT molecular complexity index is 1990. The molecule has 2 aromatic heterocycles. The number of carbonyl (C=O) groups excluding carboxylic acids is 3. The highest BCUT2D eigenvalue weighted by atomic mass is 32.2. The molecule has 1 saturated carbocycles. The van der Waals surface area contributed by atoms with Crippen LogP contribution >= 0.6 is 11.3 Å². The molecule has 1 aliphatic carbocycles. The Hall–Kier alpha value is -4.37. The van der Waals surface area contributed by atoms with Gasteiger partial charge in [0, 0.05) is 80.0 Å². The zero-order valence-electron chi connectivity index (χ0n) is 24.7. The fraction of sp³-hybridized carbons (Fsp3) is 0.312. The lowest BCUT2D eigenvalue weighted by Gasteiger charge is -2.54. The van der Waals surface area contributed by atoms with Crippen LogP contribution in [0, 0.1) is 11.2 Å². The molecule has 0 unspecified atom stereocenters. The molecule has 3 aliphatic rings. The highest BCUT2D eigenvalue weighted by molar-refractivity contribution is 7.86. The second-order valence-electron chi connectivity index (χ2n) is 12.1. The molecule has 2 aliphatic heterocycles. The van der Waals surface area contributed by atoms with Crippen LogP contribution in [0.2, 0.25) is 0 Å². The third kappa shape index (κ3) is 5.86. The summed E-state index contributed by atoms with van der Waals surface area (Å²) in [7, 11) is 0.518. The molecule has 3 fully saturated rings. The SMILES string of the molecule is COc1ccc(C(=O)N2CC3(C2)CS(=O)C3)cc1C(=O)Nc1c(C(=O)Nc2ccc(F)c(C(F)(F)F)c2)sc2cc(C3CC3)ncc12. The van der Waals surface area contributed by atoms with Gasteiger partial charge in [0.25, 0.3) is 17.7 Å². The molecule has 3 amide bonds. The van der Waals surface area contributed by atoms with E-state index in [0.29, 0.717) is 46.8 Å². The third-order valence-electron chi connectivity index (χ3n) is 8.53. The molecule has 0 atom stereocenters. The van der Waals surface area contributed by atoms with E-state index in [1.54, 1.807) is 11.0 Å². The van der Waals surface area contributed by atoms with E-state index in [9.17, 15) is 36.2 Å². The molecule has 2 saturated heterocycles. The summed E-state index contributed by atoms with van der Waals surface area (Å²) in [6.45, 7) is 0.970. The maximum Gasteiger partial charge on any atom is 0.419 e. The summed E-state index contributed by atoms with van der Waals surface area (Å²) in [5.41, 5.74) is -0.764. The van der Waals surface area contributed by atoms with Crippen LogP contribution in [0.1, 0.15) is 60.4 Å². The number of hydrogen-bond acceptors (Lipinski definition) is 7. The number of carbonyl (C=O) groups is 3. The number of halogens is 4. The zero-order chi connectivity index (χ0) is 33.2. The van der Waals surface area contributed by atoms with Crippen LogP contribution in [0.4, 0.5) is 28.9 Å². The van der Waals surface area contributed by atoms with Crippen LogP contribution in [-0.4, -0.2) is 63.5 Å². The van der Waals surface area contributed by atoms with Gasteiger partial charge in [-0.3, -0.25) is 23.6 Å². The largest absolute Gasteiger partial charge is 0.496 e. The number of ether oxygens (including phenoxy) is 1.